The molecule has 1 unspecified atom stereocenters. The number of hydrogen-bond donors (Lipinski definition) is 3. The van der Waals surface area contributed by atoms with Gasteiger partial charge in [0.25, 0.3) is 0 Å². The summed E-state index contributed by atoms with van der Waals surface area (Å²) in [5.74, 6) is 0.193. The van der Waals surface area contributed by atoms with E-state index in [1.165, 1.54) is 0 Å². The third kappa shape index (κ3) is 2.82. The standard InChI is InChI=1S/C9H17N3O/c1-6(2)9(13)8(10)3-7-4-11-5-12-7/h4-6,8-9,13H,3,10H2,1-2H3,(H,11,12)/t8-,9?/m0/s1. The molecule has 0 aliphatic rings. The molecule has 1 heterocycles. The van der Waals surface area contributed by atoms with Crippen molar-refractivity contribution in [2.45, 2.75) is 32.4 Å². The second-order valence-corrected chi connectivity index (χ2v) is 3.68. The number of imidazole rings is 1. The summed E-state index contributed by atoms with van der Waals surface area (Å²) in [4.78, 5) is 6.85. The van der Waals surface area contributed by atoms with Crippen molar-refractivity contribution in [3.05, 3.63) is 18.2 Å². The van der Waals surface area contributed by atoms with Gasteiger partial charge in [-0.15, -0.1) is 0 Å². The van der Waals surface area contributed by atoms with E-state index < -0.39 is 6.10 Å². The number of nitrogens with one attached hydrogen (secondary N) is 1. The number of nitrogens with two attached hydrogens (primary N) is 1. The van der Waals surface area contributed by atoms with Gasteiger partial charge in [0.1, 0.15) is 0 Å². The Morgan fingerprint density at radius 3 is 2.77 bits per heavy atom. The summed E-state index contributed by atoms with van der Waals surface area (Å²) >= 11 is 0. The first kappa shape index (κ1) is 10.2. The molecule has 4 heteroatoms. The Morgan fingerprint density at radius 2 is 2.31 bits per heavy atom. The highest BCUT2D eigenvalue weighted by Crippen LogP contribution is 2.08. The van der Waals surface area contributed by atoms with Crippen LogP contribution in [0.5, 0.6) is 0 Å². The van der Waals surface area contributed by atoms with Crippen LogP contribution in [0.3, 0.4) is 0 Å². The van der Waals surface area contributed by atoms with E-state index in [1.54, 1.807) is 12.5 Å². The second-order valence-electron chi connectivity index (χ2n) is 3.68. The lowest BCUT2D eigenvalue weighted by molar-refractivity contribution is 0.0975. The first-order chi connectivity index (χ1) is 6.11. The van der Waals surface area contributed by atoms with E-state index in [9.17, 15) is 5.11 Å². The van der Waals surface area contributed by atoms with Crippen LogP contribution in [0.1, 0.15) is 19.5 Å². The summed E-state index contributed by atoms with van der Waals surface area (Å²) in [7, 11) is 0. The zero-order valence-electron chi connectivity index (χ0n) is 8.07. The summed E-state index contributed by atoms with van der Waals surface area (Å²) in [6.45, 7) is 3.91. The highest BCUT2D eigenvalue weighted by atomic mass is 16.3. The molecule has 0 radical (unpaired) electrons. The van der Waals surface area contributed by atoms with Gasteiger partial charge in [-0.1, -0.05) is 13.8 Å². The molecule has 0 spiro atoms. The topological polar surface area (TPSA) is 74.9 Å². The number of H-pyrrole nitrogens is 1. The van der Waals surface area contributed by atoms with Gasteiger partial charge in [-0.25, -0.2) is 4.98 Å². The molecule has 1 rings (SSSR count). The third-order valence-electron chi connectivity index (χ3n) is 2.13. The lowest BCUT2D eigenvalue weighted by Crippen LogP contribution is -2.39. The molecule has 4 N–H and O–H groups in total. The summed E-state index contributed by atoms with van der Waals surface area (Å²) in [6.07, 6.45) is 3.53. The Morgan fingerprint density at radius 1 is 1.62 bits per heavy atom. The zero-order chi connectivity index (χ0) is 9.84. The molecule has 0 aromatic carbocycles. The number of aromatic nitrogens is 2. The van der Waals surface area contributed by atoms with Crippen LogP contribution in [0.2, 0.25) is 0 Å². The van der Waals surface area contributed by atoms with Gasteiger partial charge in [-0.2, -0.15) is 0 Å². The lowest BCUT2D eigenvalue weighted by Gasteiger charge is -2.21. The Labute approximate surface area is 78.2 Å². The molecular formula is C9H17N3O. The second kappa shape index (κ2) is 4.39. The van der Waals surface area contributed by atoms with Crippen molar-refractivity contribution in [1.29, 1.82) is 0 Å². The minimum absolute atomic E-state index is 0.193. The van der Waals surface area contributed by atoms with Crippen LogP contribution >= 0.6 is 0 Å². The first-order valence-electron chi connectivity index (χ1n) is 4.52. The highest BCUT2D eigenvalue weighted by molar-refractivity contribution is 4.98. The van der Waals surface area contributed by atoms with Crippen molar-refractivity contribution in [3.8, 4) is 0 Å². The van der Waals surface area contributed by atoms with Crippen molar-refractivity contribution < 1.29 is 5.11 Å². The number of rotatable bonds is 4. The summed E-state index contributed by atoms with van der Waals surface area (Å²) in [5, 5.41) is 9.63. The van der Waals surface area contributed by atoms with E-state index in [1.807, 2.05) is 13.8 Å². The Kier molecular flexibility index (Phi) is 3.45. The number of hydrogen-bond acceptors (Lipinski definition) is 3. The van der Waals surface area contributed by atoms with Crippen LogP contribution in [-0.4, -0.2) is 27.2 Å². The van der Waals surface area contributed by atoms with Gasteiger partial charge in [-0.05, 0) is 5.92 Å². The Hall–Kier alpha value is -0.870. The molecule has 2 atom stereocenters. The number of aliphatic hydroxyl groups is 1. The fourth-order valence-corrected chi connectivity index (χ4v) is 1.27. The van der Waals surface area contributed by atoms with E-state index in [4.69, 9.17) is 5.73 Å². The Bertz CT molecular complexity index is 233. The monoisotopic (exact) mass is 183 g/mol. The number of nitrogens with zero attached hydrogens (tertiary/aromatic N) is 1. The van der Waals surface area contributed by atoms with Crippen molar-refractivity contribution in [3.63, 3.8) is 0 Å². The van der Waals surface area contributed by atoms with Gasteiger partial charge >= 0.3 is 0 Å². The van der Waals surface area contributed by atoms with Crippen LogP contribution < -0.4 is 5.73 Å². The van der Waals surface area contributed by atoms with E-state index >= 15 is 0 Å². The molecule has 0 saturated carbocycles. The molecule has 0 amide bonds. The summed E-state index contributed by atoms with van der Waals surface area (Å²) < 4.78 is 0. The largest absolute Gasteiger partial charge is 0.391 e. The van der Waals surface area contributed by atoms with Gasteiger partial charge in [0.2, 0.25) is 0 Å². The predicted octanol–water partition coefficient (Wildman–Crippen LogP) is 0.296. The fourth-order valence-electron chi connectivity index (χ4n) is 1.27. The quantitative estimate of drug-likeness (QED) is 0.628. The maximum Gasteiger partial charge on any atom is 0.0921 e. The minimum atomic E-state index is -0.455. The number of aliphatic hydroxyl groups excluding tert-OH is 1. The lowest BCUT2D eigenvalue weighted by atomic mass is 9.97. The van der Waals surface area contributed by atoms with E-state index in [0.717, 1.165) is 5.69 Å². The van der Waals surface area contributed by atoms with Crippen molar-refractivity contribution >= 4 is 0 Å². The van der Waals surface area contributed by atoms with Crippen molar-refractivity contribution in [1.82, 2.24) is 9.97 Å². The van der Waals surface area contributed by atoms with Crippen LogP contribution in [0.15, 0.2) is 12.5 Å². The van der Waals surface area contributed by atoms with Crippen LogP contribution in [0.4, 0.5) is 0 Å². The van der Waals surface area contributed by atoms with E-state index in [0.29, 0.717) is 6.42 Å². The molecule has 0 aliphatic heterocycles. The van der Waals surface area contributed by atoms with Crippen LogP contribution in [0, 0.1) is 5.92 Å². The van der Waals surface area contributed by atoms with Gasteiger partial charge < -0.3 is 15.8 Å². The summed E-state index contributed by atoms with van der Waals surface area (Å²) in [6, 6.07) is -0.222. The average molecular weight is 183 g/mol. The summed E-state index contributed by atoms with van der Waals surface area (Å²) in [5.41, 5.74) is 6.78. The first-order valence-corrected chi connectivity index (χ1v) is 4.52. The molecule has 1 aromatic heterocycles. The molecule has 4 nitrogen and oxygen atoms in total. The van der Waals surface area contributed by atoms with Gasteiger partial charge in [0, 0.05) is 24.4 Å². The van der Waals surface area contributed by atoms with Crippen molar-refractivity contribution in [2.75, 3.05) is 0 Å². The fraction of sp³-hybridized carbons (Fsp3) is 0.667. The molecule has 0 bridgehead atoms. The van der Waals surface area contributed by atoms with Gasteiger partial charge in [0.05, 0.1) is 12.4 Å². The molecule has 0 aliphatic carbocycles. The maximum absolute atomic E-state index is 9.63. The van der Waals surface area contributed by atoms with E-state index in [2.05, 4.69) is 9.97 Å². The minimum Gasteiger partial charge on any atom is -0.391 e. The average Bonchev–Trinajstić information content (AvgIpc) is 2.55. The highest BCUT2D eigenvalue weighted by Gasteiger charge is 2.18. The molecule has 74 valence electrons. The van der Waals surface area contributed by atoms with Crippen LogP contribution in [-0.2, 0) is 6.42 Å². The Balaban J connectivity index is 2.45. The number of aromatic amines is 1. The zero-order valence-corrected chi connectivity index (χ0v) is 8.07. The SMILES string of the molecule is CC(C)C(O)[C@@H](N)Cc1cnc[nH]1. The smallest absolute Gasteiger partial charge is 0.0921 e. The van der Waals surface area contributed by atoms with Crippen LogP contribution in [0.25, 0.3) is 0 Å². The predicted molar refractivity (Wildman–Crippen MR) is 51.1 cm³/mol. The van der Waals surface area contributed by atoms with Crippen molar-refractivity contribution in [2.24, 2.45) is 11.7 Å². The third-order valence-corrected chi connectivity index (χ3v) is 2.13. The maximum atomic E-state index is 9.63. The molecule has 13 heavy (non-hydrogen) atoms. The molecule has 0 fully saturated rings. The van der Waals surface area contributed by atoms with Gasteiger partial charge in [-0.3, -0.25) is 0 Å². The molecule has 1 aromatic rings. The normalized spacial score (nSPS) is 16.1. The van der Waals surface area contributed by atoms with E-state index in [-0.39, 0.29) is 12.0 Å². The van der Waals surface area contributed by atoms with Gasteiger partial charge in [0.15, 0.2) is 0 Å². The molecular weight excluding hydrogens is 166 g/mol. The molecule has 0 saturated heterocycles.